The molecule has 0 aliphatic heterocycles. The first-order valence-corrected chi connectivity index (χ1v) is 7.41. The van der Waals surface area contributed by atoms with Crippen LogP contribution in [-0.2, 0) is 0 Å². The van der Waals surface area contributed by atoms with Gasteiger partial charge in [0.1, 0.15) is 6.29 Å². The van der Waals surface area contributed by atoms with Gasteiger partial charge in [0.25, 0.3) is 0 Å². The molecule has 1 unspecified atom stereocenters. The van der Waals surface area contributed by atoms with Gasteiger partial charge in [-0.1, -0.05) is 83.3 Å². The third-order valence-corrected chi connectivity index (χ3v) is 3.66. The predicted molar refractivity (Wildman–Crippen MR) is 89.6 cm³/mol. The number of carbonyl (C=O) groups is 1. The number of aldehydes is 1. The molecule has 0 amide bonds. The van der Waals surface area contributed by atoms with E-state index in [9.17, 15) is 4.79 Å². The summed E-state index contributed by atoms with van der Waals surface area (Å²) in [6.07, 6.45) is 4.99. The molecule has 0 aliphatic rings. The zero-order valence-electron chi connectivity index (χ0n) is 10.7. The van der Waals surface area contributed by atoms with Crippen molar-refractivity contribution in [2.45, 2.75) is 10.8 Å². The van der Waals surface area contributed by atoms with Crippen LogP contribution in [0.15, 0.2) is 48.5 Å². The van der Waals surface area contributed by atoms with Gasteiger partial charge in [0.15, 0.2) is 0 Å². The average Bonchev–Trinajstić information content (AvgIpc) is 2.46. The number of carbonyl (C=O) groups excluding carboxylic acids is 1. The summed E-state index contributed by atoms with van der Waals surface area (Å²) in [6.45, 7) is 2.18. The molecule has 0 aromatic heterocycles. The van der Waals surface area contributed by atoms with Gasteiger partial charge in [0.2, 0.25) is 0 Å². The minimum atomic E-state index is 0.534. The number of benzene rings is 2. The molecule has 0 saturated carbocycles. The maximum Gasteiger partial charge on any atom is 0.150 e. The van der Waals surface area contributed by atoms with E-state index in [0.717, 1.165) is 11.8 Å². The Kier molecular flexibility index (Phi) is 4.91. The second-order valence-corrected chi connectivity index (χ2v) is 6.27. The smallest absolute Gasteiger partial charge is 0.150 e. The molecule has 1 nitrogen and oxygen atoms in total. The second-order valence-electron chi connectivity index (χ2n) is 4.40. The molecule has 0 bridgehead atoms. The van der Waals surface area contributed by atoms with Gasteiger partial charge in [-0.05, 0) is 23.6 Å². The Balaban J connectivity index is 2.10. The quantitative estimate of drug-likeness (QED) is 0.318. The van der Waals surface area contributed by atoms with Crippen LogP contribution in [0.2, 0.25) is 0 Å². The lowest BCUT2D eigenvalue weighted by Gasteiger charge is -2.03. The monoisotopic (exact) mass is 362 g/mol. The molecule has 96 valence electrons. The molecule has 0 saturated heterocycles. The van der Waals surface area contributed by atoms with Gasteiger partial charge < -0.3 is 0 Å². The highest BCUT2D eigenvalue weighted by molar-refractivity contribution is 14.1. The van der Waals surface area contributed by atoms with E-state index in [2.05, 4.69) is 65.9 Å². The fourth-order valence-corrected chi connectivity index (χ4v) is 2.17. The lowest BCUT2D eigenvalue weighted by Crippen LogP contribution is -1.82. The van der Waals surface area contributed by atoms with Crippen molar-refractivity contribution in [3.63, 3.8) is 0 Å². The van der Waals surface area contributed by atoms with Gasteiger partial charge in [-0.2, -0.15) is 0 Å². The molecule has 2 aromatic carbocycles. The van der Waals surface area contributed by atoms with Crippen LogP contribution in [0.3, 0.4) is 0 Å². The van der Waals surface area contributed by atoms with E-state index in [1.807, 2.05) is 24.3 Å². The molecule has 2 rings (SSSR count). The van der Waals surface area contributed by atoms with Crippen LogP contribution < -0.4 is 0 Å². The van der Waals surface area contributed by atoms with Gasteiger partial charge in [-0.25, -0.2) is 0 Å². The highest BCUT2D eigenvalue weighted by Crippen LogP contribution is 2.22. The minimum absolute atomic E-state index is 0.534. The lowest BCUT2D eigenvalue weighted by molar-refractivity contribution is 0.112. The molecule has 0 radical (unpaired) electrons. The van der Waals surface area contributed by atoms with Crippen molar-refractivity contribution in [3.05, 3.63) is 70.8 Å². The Morgan fingerprint density at radius 2 is 1.26 bits per heavy atom. The Labute approximate surface area is 127 Å². The molecule has 0 fully saturated rings. The van der Waals surface area contributed by atoms with Gasteiger partial charge in [-0.3, -0.25) is 4.79 Å². The lowest BCUT2D eigenvalue weighted by atomic mass is 10.1. The predicted octanol–water partition coefficient (Wildman–Crippen LogP) is 5.17. The van der Waals surface area contributed by atoms with Crippen molar-refractivity contribution in [1.29, 1.82) is 0 Å². The SMILES string of the molecule is CC(I)c1ccc(/C=C/c2ccc(C=O)cc2)cc1. The van der Waals surface area contributed by atoms with Crippen LogP contribution >= 0.6 is 22.6 Å². The van der Waals surface area contributed by atoms with Gasteiger partial charge in [-0.15, -0.1) is 0 Å². The minimum Gasteiger partial charge on any atom is -0.298 e. The second kappa shape index (κ2) is 6.66. The Bertz CT molecular complexity index is 565. The van der Waals surface area contributed by atoms with Crippen molar-refractivity contribution in [2.24, 2.45) is 0 Å². The van der Waals surface area contributed by atoms with Crippen LogP contribution in [0.25, 0.3) is 12.2 Å². The molecular weight excluding hydrogens is 347 g/mol. The van der Waals surface area contributed by atoms with E-state index in [1.165, 1.54) is 11.1 Å². The van der Waals surface area contributed by atoms with Gasteiger partial charge in [0.05, 0.1) is 0 Å². The molecule has 0 N–H and O–H groups in total. The van der Waals surface area contributed by atoms with Crippen LogP contribution in [0.5, 0.6) is 0 Å². The molecule has 2 heteroatoms. The summed E-state index contributed by atoms with van der Waals surface area (Å²) in [5, 5.41) is 0. The summed E-state index contributed by atoms with van der Waals surface area (Å²) in [6, 6.07) is 16.1. The number of alkyl halides is 1. The van der Waals surface area contributed by atoms with Crippen LogP contribution in [0.4, 0.5) is 0 Å². The van der Waals surface area contributed by atoms with E-state index in [-0.39, 0.29) is 0 Å². The number of halogens is 1. The molecule has 2 aromatic rings. The third kappa shape index (κ3) is 4.03. The first kappa shape index (κ1) is 14.0. The van der Waals surface area contributed by atoms with Gasteiger partial charge in [0, 0.05) is 9.49 Å². The summed E-state index contributed by atoms with van der Waals surface area (Å²) < 4.78 is 0.534. The van der Waals surface area contributed by atoms with Crippen molar-refractivity contribution in [3.8, 4) is 0 Å². The van der Waals surface area contributed by atoms with Crippen LogP contribution in [0, 0.1) is 0 Å². The van der Waals surface area contributed by atoms with E-state index < -0.39 is 0 Å². The van der Waals surface area contributed by atoms with E-state index in [0.29, 0.717) is 9.49 Å². The van der Waals surface area contributed by atoms with Gasteiger partial charge >= 0.3 is 0 Å². The fourth-order valence-electron chi connectivity index (χ4n) is 1.75. The maximum atomic E-state index is 10.6. The van der Waals surface area contributed by atoms with Crippen molar-refractivity contribution >= 4 is 41.0 Å². The number of hydrogen-bond donors (Lipinski definition) is 0. The third-order valence-electron chi connectivity index (χ3n) is 2.94. The van der Waals surface area contributed by atoms with Crippen molar-refractivity contribution in [1.82, 2.24) is 0 Å². The molecule has 19 heavy (non-hydrogen) atoms. The van der Waals surface area contributed by atoms with E-state index in [4.69, 9.17) is 0 Å². The first-order valence-electron chi connectivity index (χ1n) is 6.16. The van der Waals surface area contributed by atoms with Crippen molar-refractivity contribution in [2.75, 3.05) is 0 Å². The van der Waals surface area contributed by atoms with Crippen molar-refractivity contribution < 1.29 is 4.79 Å². The molecular formula is C17H15IO. The summed E-state index contributed by atoms with van der Waals surface area (Å²) in [7, 11) is 0. The normalized spacial score (nSPS) is 12.5. The van der Waals surface area contributed by atoms with E-state index in [1.54, 1.807) is 0 Å². The Morgan fingerprint density at radius 3 is 1.68 bits per heavy atom. The summed E-state index contributed by atoms with van der Waals surface area (Å²) in [4.78, 5) is 10.6. The average molecular weight is 362 g/mol. The van der Waals surface area contributed by atoms with Crippen LogP contribution in [0.1, 0.15) is 37.9 Å². The highest BCUT2D eigenvalue weighted by atomic mass is 127. The summed E-state index contributed by atoms with van der Waals surface area (Å²) in [5.41, 5.74) is 4.32. The van der Waals surface area contributed by atoms with E-state index >= 15 is 0 Å². The summed E-state index contributed by atoms with van der Waals surface area (Å²) >= 11 is 2.41. The fraction of sp³-hybridized carbons (Fsp3) is 0.118. The standard InChI is InChI=1S/C17H15IO/c1-13(18)17-10-8-15(9-11-17)3-2-14-4-6-16(12-19)7-5-14/h2-13H,1H3/b3-2+. The first-order chi connectivity index (χ1) is 9.19. The molecule has 0 heterocycles. The summed E-state index contributed by atoms with van der Waals surface area (Å²) in [5.74, 6) is 0. The van der Waals surface area contributed by atoms with Crippen LogP contribution in [-0.4, -0.2) is 6.29 Å². The Hall–Kier alpha value is -1.42. The molecule has 1 atom stereocenters. The zero-order chi connectivity index (χ0) is 13.7. The highest BCUT2D eigenvalue weighted by Gasteiger charge is 1.98. The molecule has 0 spiro atoms. The maximum absolute atomic E-state index is 10.6. The molecule has 0 aliphatic carbocycles. The number of hydrogen-bond acceptors (Lipinski definition) is 1. The Morgan fingerprint density at radius 1 is 0.842 bits per heavy atom. The zero-order valence-corrected chi connectivity index (χ0v) is 12.9. The largest absolute Gasteiger partial charge is 0.298 e. The topological polar surface area (TPSA) is 17.1 Å². The number of rotatable bonds is 4.